The Bertz CT molecular complexity index is 788. The fourth-order valence-electron chi connectivity index (χ4n) is 2.23. The summed E-state index contributed by atoms with van der Waals surface area (Å²) in [6.45, 7) is 1.44. The Hall–Kier alpha value is -2.95. The Labute approximate surface area is 128 Å². The number of fused-ring (bicyclic) bond motifs is 1. The van der Waals surface area contributed by atoms with Gasteiger partial charge in [-0.2, -0.15) is 5.10 Å². The van der Waals surface area contributed by atoms with Crippen LogP contribution in [-0.4, -0.2) is 21.6 Å². The van der Waals surface area contributed by atoms with Crippen LogP contribution in [0.1, 0.15) is 18.3 Å². The molecule has 0 atom stereocenters. The third kappa shape index (κ3) is 3.20. The average molecular weight is 292 g/mol. The average Bonchev–Trinajstić information content (AvgIpc) is 2.94. The van der Waals surface area contributed by atoms with Crippen LogP contribution in [0.15, 0.2) is 59.7 Å². The van der Waals surface area contributed by atoms with E-state index in [0.717, 1.165) is 28.1 Å². The lowest BCUT2D eigenvalue weighted by molar-refractivity contribution is -0.118. The highest BCUT2D eigenvalue weighted by Gasteiger charge is 2.09. The molecule has 0 spiro atoms. The second-order valence-corrected chi connectivity index (χ2v) is 4.97. The van der Waals surface area contributed by atoms with Gasteiger partial charge in [0.25, 0.3) is 0 Å². The molecular weight excluding hydrogens is 276 g/mol. The van der Waals surface area contributed by atoms with Gasteiger partial charge in [-0.3, -0.25) is 4.79 Å². The second kappa shape index (κ2) is 6.22. The molecule has 0 aliphatic rings. The molecule has 0 fully saturated rings. The molecule has 0 saturated carbocycles. The van der Waals surface area contributed by atoms with Crippen molar-refractivity contribution in [2.45, 2.75) is 13.3 Å². The molecule has 0 aliphatic carbocycles. The van der Waals surface area contributed by atoms with E-state index in [1.165, 1.54) is 6.92 Å². The molecule has 0 saturated heterocycles. The van der Waals surface area contributed by atoms with Gasteiger partial charge < -0.3 is 4.98 Å². The SMILES string of the molecule is CC(=O)N/N=C(/Cc1nc2ccccc2[nH]1)c1ccccc1. The van der Waals surface area contributed by atoms with Gasteiger partial charge in [-0.15, -0.1) is 0 Å². The van der Waals surface area contributed by atoms with E-state index in [4.69, 9.17) is 0 Å². The second-order valence-electron chi connectivity index (χ2n) is 4.97. The number of H-pyrrole nitrogens is 1. The van der Waals surface area contributed by atoms with Gasteiger partial charge in [-0.1, -0.05) is 42.5 Å². The van der Waals surface area contributed by atoms with Gasteiger partial charge in [0.15, 0.2) is 0 Å². The van der Waals surface area contributed by atoms with Gasteiger partial charge >= 0.3 is 0 Å². The van der Waals surface area contributed by atoms with E-state index in [1.54, 1.807) is 0 Å². The summed E-state index contributed by atoms with van der Waals surface area (Å²) < 4.78 is 0. The molecule has 0 unspecified atom stereocenters. The maximum Gasteiger partial charge on any atom is 0.236 e. The van der Waals surface area contributed by atoms with Crippen molar-refractivity contribution in [3.63, 3.8) is 0 Å². The molecule has 1 aromatic heterocycles. The Morgan fingerprint density at radius 1 is 1.14 bits per heavy atom. The van der Waals surface area contributed by atoms with Crippen molar-refractivity contribution in [1.29, 1.82) is 0 Å². The molecule has 5 nitrogen and oxygen atoms in total. The number of para-hydroxylation sites is 2. The smallest absolute Gasteiger partial charge is 0.236 e. The highest BCUT2D eigenvalue weighted by Crippen LogP contribution is 2.12. The van der Waals surface area contributed by atoms with Crippen molar-refractivity contribution < 1.29 is 4.79 Å². The molecule has 110 valence electrons. The summed E-state index contributed by atoms with van der Waals surface area (Å²) >= 11 is 0. The Kier molecular flexibility index (Phi) is 3.96. The Morgan fingerprint density at radius 2 is 1.86 bits per heavy atom. The first-order valence-electron chi connectivity index (χ1n) is 7.04. The molecule has 0 aliphatic heterocycles. The monoisotopic (exact) mass is 292 g/mol. The van der Waals surface area contributed by atoms with E-state index < -0.39 is 0 Å². The van der Waals surface area contributed by atoms with Crippen LogP contribution in [0.3, 0.4) is 0 Å². The molecule has 0 bridgehead atoms. The van der Waals surface area contributed by atoms with E-state index in [0.29, 0.717) is 6.42 Å². The number of imidazole rings is 1. The first kappa shape index (κ1) is 14.0. The zero-order chi connectivity index (χ0) is 15.4. The number of aromatic amines is 1. The zero-order valence-electron chi connectivity index (χ0n) is 12.2. The fraction of sp³-hybridized carbons (Fsp3) is 0.118. The third-order valence-electron chi connectivity index (χ3n) is 3.23. The lowest BCUT2D eigenvalue weighted by Crippen LogP contribution is -2.18. The number of hydrogen-bond donors (Lipinski definition) is 2. The quantitative estimate of drug-likeness (QED) is 0.573. The van der Waals surface area contributed by atoms with Crippen molar-refractivity contribution in [3.8, 4) is 0 Å². The summed E-state index contributed by atoms with van der Waals surface area (Å²) in [6.07, 6.45) is 0.513. The van der Waals surface area contributed by atoms with E-state index in [9.17, 15) is 4.79 Å². The van der Waals surface area contributed by atoms with Crippen LogP contribution in [0.25, 0.3) is 11.0 Å². The van der Waals surface area contributed by atoms with Gasteiger partial charge in [0.05, 0.1) is 23.2 Å². The molecule has 5 heteroatoms. The Morgan fingerprint density at radius 3 is 2.59 bits per heavy atom. The molecule has 3 rings (SSSR count). The Balaban J connectivity index is 1.92. The van der Waals surface area contributed by atoms with E-state index in [1.807, 2.05) is 54.6 Å². The number of nitrogens with one attached hydrogen (secondary N) is 2. The highest BCUT2D eigenvalue weighted by atomic mass is 16.2. The van der Waals surface area contributed by atoms with Gasteiger partial charge in [0.2, 0.25) is 5.91 Å². The number of nitrogens with zero attached hydrogens (tertiary/aromatic N) is 2. The lowest BCUT2D eigenvalue weighted by atomic mass is 10.1. The summed E-state index contributed by atoms with van der Waals surface area (Å²) in [4.78, 5) is 19.0. The van der Waals surface area contributed by atoms with Crippen LogP contribution in [-0.2, 0) is 11.2 Å². The molecule has 22 heavy (non-hydrogen) atoms. The summed E-state index contributed by atoms with van der Waals surface area (Å²) in [5.74, 6) is 0.618. The molecule has 0 radical (unpaired) electrons. The topological polar surface area (TPSA) is 70.1 Å². The largest absolute Gasteiger partial charge is 0.342 e. The normalized spacial score (nSPS) is 11.6. The van der Waals surface area contributed by atoms with Crippen LogP contribution >= 0.6 is 0 Å². The van der Waals surface area contributed by atoms with Gasteiger partial charge in [-0.05, 0) is 17.7 Å². The predicted octanol–water partition coefficient (Wildman–Crippen LogP) is 2.65. The van der Waals surface area contributed by atoms with Crippen molar-refractivity contribution in [1.82, 2.24) is 15.4 Å². The first-order valence-corrected chi connectivity index (χ1v) is 7.04. The van der Waals surface area contributed by atoms with Crippen LogP contribution in [0.5, 0.6) is 0 Å². The number of rotatable bonds is 4. The molecule has 3 aromatic rings. The highest BCUT2D eigenvalue weighted by molar-refractivity contribution is 6.02. The molecular formula is C17H16N4O. The van der Waals surface area contributed by atoms with E-state index >= 15 is 0 Å². The summed E-state index contributed by atoms with van der Waals surface area (Å²) in [5.41, 5.74) is 6.13. The van der Waals surface area contributed by atoms with Crippen LogP contribution in [0.2, 0.25) is 0 Å². The van der Waals surface area contributed by atoms with Gasteiger partial charge in [-0.25, -0.2) is 10.4 Å². The number of carbonyl (C=O) groups is 1. The van der Waals surface area contributed by atoms with Crippen molar-refractivity contribution >= 4 is 22.7 Å². The van der Waals surface area contributed by atoms with Crippen molar-refractivity contribution in [3.05, 3.63) is 66.0 Å². The summed E-state index contributed by atoms with van der Waals surface area (Å²) in [7, 11) is 0. The maximum atomic E-state index is 11.1. The van der Waals surface area contributed by atoms with Gasteiger partial charge in [0.1, 0.15) is 5.82 Å². The minimum absolute atomic E-state index is 0.196. The molecule has 2 N–H and O–H groups in total. The number of benzene rings is 2. The molecule has 1 amide bonds. The standard InChI is InChI=1S/C17H16N4O/c1-12(22)20-21-16(13-7-3-2-4-8-13)11-17-18-14-9-5-6-10-15(14)19-17/h2-10H,11H2,1H3,(H,18,19)(H,20,22)/b21-16-. The minimum atomic E-state index is -0.196. The van der Waals surface area contributed by atoms with E-state index in [2.05, 4.69) is 20.5 Å². The minimum Gasteiger partial charge on any atom is -0.342 e. The summed E-state index contributed by atoms with van der Waals surface area (Å²) in [6, 6.07) is 17.6. The first-order chi connectivity index (χ1) is 10.7. The van der Waals surface area contributed by atoms with Crippen LogP contribution in [0, 0.1) is 0 Å². The number of carbonyl (C=O) groups excluding carboxylic acids is 1. The maximum absolute atomic E-state index is 11.1. The number of amides is 1. The third-order valence-corrected chi connectivity index (χ3v) is 3.23. The zero-order valence-corrected chi connectivity index (χ0v) is 12.2. The predicted molar refractivity (Wildman–Crippen MR) is 86.6 cm³/mol. The van der Waals surface area contributed by atoms with Gasteiger partial charge in [0, 0.05) is 6.92 Å². The fourth-order valence-corrected chi connectivity index (χ4v) is 2.23. The molecule has 1 heterocycles. The van der Waals surface area contributed by atoms with E-state index in [-0.39, 0.29) is 5.91 Å². The van der Waals surface area contributed by atoms with Crippen molar-refractivity contribution in [2.24, 2.45) is 5.10 Å². The van der Waals surface area contributed by atoms with Crippen LogP contribution in [0.4, 0.5) is 0 Å². The summed E-state index contributed by atoms with van der Waals surface area (Å²) in [5, 5.41) is 4.22. The number of aromatic nitrogens is 2. The van der Waals surface area contributed by atoms with Crippen LogP contribution < -0.4 is 5.43 Å². The number of hydrazone groups is 1. The number of hydrogen-bond acceptors (Lipinski definition) is 3. The molecule has 2 aromatic carbocycles. The lowest BCUT2D eigenvalue weighted by Gasteiger charge is -2.05. The van der Waals surface area contributed by atoms with Crippen molar-refractivity contribution in [2.75, 3.05) is 0 Å².